The molecule has 0 heterocycles. The van der Waals surface area contributed by atoms with E-state index in [4.69, 9.17) is 0 Å². The van der Waals surface area contributed by atoms with Crippen LogP contribution in [0.1, 0.15) is 38.2 Å². The number of benzene rings is 1. The van der Waals surface area contributed by atoms with Gasteiger partial charge in [0.2, 0.25) is 0 Å². The second kappa shape index (κ2) is 6.64. The van der Waals surface area contributed by atoms with Crippen LogP contribution in [0.4, 0.5) is 4.39 Å². The molecule has 0 saturated heterocycles. The van der Waals surface area contributed by atoms with E-state index in [1.807, 2.05) is 12.1 Å². The van der Waals surface area contributed by atoms with Crippen molar-refractivity contribution in [3.63, 3.8) is 0 Å². The zero-order chi connectivity index (χ0) is 12.0. The fourth-order valence-electron chi connectivity index (χ4n) is 1.87. The highest BCUT2D eigenvalue weighted by atomic mass is 19.1. The summed E-state index contributed by atoms with van der Waals surface area (Å²) in [5.74, 6) is 0.346. The molecule has 0 radical (unpaired) electrons. The lowest BCUT2D eigenvalue weighted by molar-refractivity contribution is 0.321. The Morgan fingerprint density at radius 2 is 1.81 bits per heavy atom. The predicted octanol–water partition coefficient (Wildman–Crippen LogP) is 3.66. The molecule has 0 aliphatic rings. The quantitative estimate of drug-likeness (QED) is 0.711. The van der Waals surface area contributed by atoms with E-state index in [0.29, 0.717) is 5.92 Å². The summed E-state index contributed by atoms with van der Waals surface area (Å²) < 4.78 is 12.8. The molecular formula is C14H22FN. The molecule has 90 valence electrons. The van der Waals surface area contributed by atoms with Gasteiger partial charge in [-0.25, -0.2) is 4.39 Å². The van der Waals surface area contributed by atoms with Crippen molar-refractivity contribution in [3.05, 3.63) is 35.6 Å². The first-order valence-electron chi connectivity index (χ1n) is 6.07. The van der Waals surface area contributed by atoms with Crippen molar-refractivity contribution < 1.29 is 4.39 Å². The lowest BCUT2D eigenvalue weighted by atomic mass is 9.98. The van der Waals surface area contributed by atoms with E-state index in [1.165, 1.54) is 12.0 Å². The van der Waals surface area contributed by atoms with Gasteiger partial charge in [-0.1, -0.05) is 26.0 Å². The molecule has 1 atom stereocenters. The molecule has 0 aromatic heterocycles. The van der Waals surface area contributed by atoms with Crippen LogP contribution in [-0.2, 0) is 0 Å². The monoisotopic (exact) mass is 223 g/mol. The third kappa shape index (κ3) is 4.31. The second-order valence-electron chi connectivity index (χ2n) is 4.54. The summed E-state index contributed by atoms with van der Waals surface area (Å²) in [6, 6.07) is 6.86. The Morgan fingerprint density at radius 3 is 2.38 bits per heavy atom. The number of hydrogen-bond acceptors (Lipinski definition) is 1. The molecular weight excluding hydrogens is 201 g/mol. The van der Waals surface area contributed by atoms with Crippen molar-refractivity contribution in [3.8, 4) is 0 Å². The van der Waals surface area contributed by atoms with E-state index >= 15 is 0 Å². The van der Waals surface area contributed by atoms with Crippen molar-refractivity contribution in [1.82, 2.24) is 4.90 Å². The zero-order valence-electron chi connectivity index (χ0n) is 10.5. The van der Waals surface area contributed by atoms with E-state index in [9.17, 15) is 4.39 Å². The smallest absolute Gasteiger partial charge is 0.123 e. The van der Waals surface area contributed by atoms with Crippen molar-refractivity contribution in [2.24, 2.45) is 0 Å². The first-order valence-corrected chi connectivity index (χ1v) is 6.07. The zero-order valence-corrected chi connectivity index (χ0v) is 10.5. The summed E-state index contributed by atoms with van der Waals surface area (Å²) >= 11 is 0. The Balaban J connectivity index is 2.40. The van der Waals surface area contributed by atoms with Crippen molar-refractivity contribution >= 4 is 0 Å². The third-order valence-electron chi connectivity index (χ3n) is 2.99. The summed E-state index contributed by atoms with van der Waals surface area (Å²) in [6.45, 7) is 6.65. The minimum Gasteiger partial charge on any atom is -0.306 e. The molecule has 2 heteroatoms. The largest absolute Gasteiger partial charge is 0.306 e. The maximum atomic E-state index is 12.8. The normalized spacial score (nSPS) is 13.1. The van der Waals surface area contributed by atoms with Gasteiger partial charge in [0.25, 0.3) is 0 Å². The van der Waals surface area contributed by atoms with Gasteiger partial charge in [-0.05, 0) is 56.6 Å². The molecule has 0 bridgehead atoms. The van der Waals surface area contributed by atoms with Gasteiger partial charge in [-0.15, -0.1) is 0 Å². The summed E-state index contributed by atoms with van der Waals surface area (Å²) in [7, 11) is 2.15. The Hall–Kier alpha value is -0.890. The molecule has 1 unspecified atom stereocenters. The Kier molecular flexibility index (Phi) is 5.47. The fraction of sp³-hybridized carbons (Fsp3) is 0.571. The van der Waals surface area contributed by atoms with Gasteiger partial charge in [-0.3, -0.25) is 0 Å². The van der Waals surface area contributed by atoms with Crippen LogP contribution in [0.15, 0.2) is 24.3 Å². The van der Waals surface area contributed by atoms with Crippen LogP contribution in [0.25, 0.3) is 0 Å². The van der Waals surface area contributed by atoms with Gasteiger partial charge in [0, 0.05) is 0 Å². The van der Waals surface area contributed by atoms with E-state index < -0.39 is 0 Å². The molecule has 0 saturated carbocycles. The van der Waals surface area contributed by atoms with E-state index in [-0.39, 0.29) is 5.82 Å². The first kappa shape index (κ1) is 13.2. The predicted molar refractivity (Wildman–Crippen MR) is 67.2 cm³/mol. The molecule has 1 aromatic carbocycles. The number of halogens is 1. The van der Waals surface area contributed by atoms with Crippen LogP contribution in [0.2, 0.25) is 0 Å². The Bertz CT molecular complexity index is 294. The van der Waals surface area contributed by atoms with Crippen molar-refractivity contribution in [2.75, 3.05) is 20.1 Å². The molecule has 1 aromatic rings. The summed E-state index contributed by atoms with van der Waals surface area (Å²) in [4.78, 5) is 2.35. The van der Waals surface area contributed by atoms with E-state index in [0.717, 1.165) is 19.5 Å². The first-order chi connectivity index (χ1) is 7.63. The summed E-state index contributed by atoms with van der Waals surface area (Å²) in [5.41, 5.74) is 1.23. The molecule has 0 amide bonds. The minimum atomic E-state index is -0.154. The molecule has 0 aliphatic carbocycles. The number of rotatable bonds is 6. The van der Waals surface area contributed by atoms with E-state index in [1.54, 1.807) is 12.1 Å². The van der Waals surface area contributed by atoms with Crippen molar-refractivity contribution in [1.29, 1.82) is 0 Å². The number of nitrogens with zero attached hydrogens (tertiary/aromatic N) is 1. The minimum absolute atomic E-state index is 0.154. The van der Waals surface area contributed by atoms with Gasteiger partial charge in [-0.2, -0.15) is 0 Å². The Labute approximate surface area is 98.3 Å². The Morgan fingerprint density at radius 1 is 1.19 bits per heavy atom. The van der Waals surface area contributed by atoms with Crippen LogP contribution < -0.4 is 0 Å². The van der Waals surface area contributed by atoms with Crippen LogP contribution in [0.5, 0.6) is 0 Å². The highest BCUT2D eigenvalue weighted by Crippen LogP contribution is 2.19. The maximum Gasteiger partial charge on any atom is 0.123 e. The molecule has 1 rings (SSSR count). The van der Waals surface area contributed by atoms with Gasteiger partial charge in [0.05, 0.1) is 0 Å². The van der Waals surface area contributed by atoms with Crippen LogP contribution in [0, 0.1) is 5.82 Å². The van der Waals surface area contributed by atoms with Gasteiger partial charge in [0.15, 0.2) is 0 Å². The standard InChI is InChI=1S/C14H22FN/c1-4-10-16(3)11-9-12(2)13-5-7-14(15)8-6-13/h5-8,12H,4,9-11H2,1-3H3. The van der Waals surface area contributed by atoms with Crippen LogP contribution in [0.3, 0.4) is 0 Å². The highest BCUT2D eigenvalue weighted by Gasteiger charge is 2.06. The highest BCUT2D eigenvalue weighted by molar-refractivity contribution is 5.19. The van der Waals surface area contributed by atoms with Gasteiger partial charge in [0.1, 0.15) is 5.82 Å². The van der Waals surface area contributed by atoms with Crippen LogP contribution >= 0.6 is 0 Å². The van der Waals surface area contributed by atoms with E-state index in [2.05, 4.69) is 25.8 Å². The molecule has 0 aliphatic heterocycles. The topological polar surface area (TPSA) is 3.24 Å². The molecule has 1 nitrogen and oxygen atoms in total. The van der Waals surface area contributed by atoms with Crippen LogP contribution in [-0.4, -0.2) is 25.0 Å². The average molecular weight is 223 g/mol. The fourth-order valence-corrected chi connectivity index (χ4v) is 1.87. The maximum absolute atomic E-state index is 12.8. The summed E-state index contributed by atoms with van der Waals surface area (Å²) in [5, 5.41) is 0. The third-order valence-corrected chi connectivity index (χ3v) is 2.99. The number of hydrogen-bond donors (Lipinski definition) is 0. The van der Waals surface area contributed by atoms with Crippen molar-refractivity contribution in [2.45, 2.75) is 32.6 Å². The molecule has 16 heavy (non-hydrogen) atoms. The molecule has 0 spiro atoms. The lowest BCUT2D eigenvalue weighted by Crippen LogP contribution is -2.21. The lowest BCUT2D eigenvalue weighted by Gasteiger charge is -2.18. The average Bonchev–Trinajstić information content (AvgIpc) is 2.27. The van der Waals surface area contributed by atoms with Gasteiger partial charge >= 0.3 is 0 Å². The summed E-state index contributed by atoms with van der Waals surface area (Å²) in [6.07, 6.45) is 2.32. The molecule has 0 fully saturated rings. The molecule has 0 N–H and O–H groups in total. The second-order valence-corrected chi connectivity index (χ2v) is 4.54. The SMILES string of the molecule is CCCN(C)CCC(C)c1ccc(F)cc1. The van der Waals surface area contributed by atoms with Gasteiger partial charge < -0.3 is 4.90 Å².